The van der Waals surface area contributed by atoms with Gasteiger partial charge in [0.05, 0.1) is 5.54 Å². The van der Waals surface area contributed by atoms with Crippen molar-refractivity contribution in [1.29, 1.82) is 0 Å². The molecular formula is C13H19N3O. The number of aliphatic imine (C=N–C) groups is 2. The lowest BCUT2D eigenvalue weighted by Gasteiger charge is -2.29. The van der Waals surface area contributed by atoms with Crippen molar-refractivity contribution >= 4 is 18.5 Å². The molecule has 0 aromatic heterocycles. The van der Waals surface area contributed by atoms with Gasteiger partial charge >= 0.3 is 6.03 Å². The summed E-state index contributed by atoms with van der Waals surface area (Å²) in [5.74, 6) is 0.304. The second-order valence-corrected chi connectivity index (χ2v) is 4.24. The number of amides is 2. The highest BCUT2D eigenvalue weighted by Crippen LogP contribution is 2.29. The van der Waals surface area contributed by atoms with Crippen LogP contribution in [-0.2, 0) is 0 Å². The zero-order valence-corrected chi connectivity index (χ0v) is 10.3. The Hall–Kier alpha value is -1.71. The van der Waals surface area contributed by atoms with E-state index in [1.165, 1.54) is 0 Å². The summed E-state index contributed by atoms with van der Waals surface area (Å²) in [5, 5.41) is 0. The van der Waals surface area contributed by atoms with Crippen molar-refractivity contribution in [3.8, 4) is 0 Å². The van der Waals surface area contributed by atoms with E-state index in [2.05, 4.69) is 29.9 Å². The molecule has 1 heterocycles. The number of urea groups is 1. The van der Waals surface area contributed by atoms with Crippen LogP contribution in [0.3, 0.4) is 0 Å². The first-order valence-corrected chi connectivity index (χ1v) is 5.80. The van der Waals surface area contributed by atoms with Gasteiger partial charge < -0.3 is 5.73 Å². The lowest BCUT2D eigenvalue weighted by molar-refractivity contribution is 0.256. The Morgan fingerprint density at radius 2 is 2.29 bits per heavy atom. The molecule has 0 saturated heterocycles. The van der Waals surface area contributed by atoms with E-state index in [1.54, 1.807) is 6.21 Å². The van der Waals surface area contributed by atoms with Gasteiger partial charge in [0.15, 0.2) is 0 Å². The van der Waals surface area contributed by atoms with Gasteiger partial charge in [0, 0.05) is 12.4 Å². The molecule has 4 heteroatoms. The number of nitrogens with zero attached hydrogens (tertiary/aromatic N) is 2. The monoisotopic (exact) mass is 233 g/mol. The second kappa shape index (κ2) is 6.13. The van der Waals surface area contributed by atoms with Gasteiger partial charge in [0.1, 0.15) is 0 Å². The predicted octanol–water partition coefficient (Wildman–Crippen LogP) is 2.51. The number of primary amides is 1. The number of carbonyl (C=O) groups excluding carboxylic acids is 1. The number of nitrogens with two attached hydrogens (primary N) is 1. The fourth-order valence-corrected chi connectivity index (χ4v) is 1.94. The standard InChI is InChI=1S/C13H19N3O/c1-3-11(7-10-15-12(14)17)13(2)8-5-4-6-9-16-13/h4-6,8-11H,3,7H2,1-2H3,(H2,14,17). The number of hydrogen-bond acceptors (Lipinski definition) is 2. The molecule has 1 rings (SSSR count). The van der Waals surface area contributed by atoms with Gasteiger partial charge in [-0.05, 0) is 25.3 Å². The number of rotatable bonds is 4. The van der Waals surface area contributed by atoms with Crippen LogP contribution in [0.5, 0.6) is 0 Å². The minimum absolute atomic E-state index is 0.248. The summed E-state index contributed by atoms with van der Waals surface area (Å²) in [6.45, 7) is 4.19. The Morgan fingerprint density at radius 3 is 2.94 bits per heavy atom. The Morgan fingerprint density at radius 1 is 1.53 bits per heavy atom. The molecule has 1 aliphatic rings. The van der Waals surface area contributed by atoms with Crippen LogP contribution >= 0.6 is 0 Å². The van der Waals surface area contributed by atoms with Gasteiger partial charge in [-0.15, -0.1) is 0 Å². The number of allylic oxidation sites excluding steroid dienone is 3. The quantitative estimate of drug-likeness (QED) is 0.745. The van der Waals surface area contributed by atoms with E-state index in [-0.39, 0.29) is 5.54 Å². The van der Waals surface area contributed by atoms with Crippen LogP contribution < -0.4 is 5.73 Å². The van der Waals surface area contributed by atoms with Gasteiger partial charge in [-0.1, -0.05) is 31.6 Å². The molecule has 2 amide bonds. The van der Waals surface area contributed by atoms with Crippen LogP contribution in [-0.4, -0.2) is 24.0 Å². The first-order valence-electron chi connectivity index (χ1n) is 5.80. The molecule has 2 unspecified atom stereocenters. The Balaban J connectivity index is 2.75. The predicted molar refractivity (Wildman–Crippen MR) is 71.7 cm³/mol. The Labute approximate surface area is 102 Å². The Bertz CT molecular complexity index is 364. The smallest absolute Gasteiger partial charge is 0.337 e. The van der Waals surface area contributed by atoms with E-state index in [0.717, 1.165) is 6.42 Å². The van der Waals surface area contributed by atoms with Gasteiger partial charge in [0.2, 0.25) is 0 Å². The zero-order chi connectivity index (χ0) is 12.7. The van der Waals surface area contributed by atoms with Crippen LogP contribution in [0.4, 0.5) is 4.79 Å². The maximum Gasteiger partial charge on any atom is 0.337 e. The van der Waals surface area contributed by atoms with Gasteiger partial charge in [-0.2, -0.15) is 0 Å². The highest BCUT2D eigenvalue weighted by molar-refractivity contribution is 5.82. The molecule has 92 valence electrons. The molecule has 0 aromatic rings. The summed E-state index contributed by atoms with van der Waals surface area (Å²) < 4.78 is 0. The molecule has 2 N–H and O–H groups in total. The summed E-state index contributed by atoms with van der Waals surface area (Å²) >= 11 is 0. The summed E-state index contributed by atoms with van der Waals surface area (Å²) in [6, 6.07) is -0.647. The summed E-state index contributed by atoms with van der Waals surface area (Å²) in [6.07, 6.45) is 13.0. The number of hydrogen-bond donors (Lipinski definition) is 1. The molecule has 0 spiro atoms. The van der Waals surface area contributed by atoms with Gasteiger partial charge in [0.25, 0.3) is 0 Å². The van der Waals surface area contributed by atoms with E-state index in [4.69, 9.17) is 5.73 Å². The third-order valence-corrected chi connectivity index (χ3v) is 3.02. The van der Waals surface area contributed by atoms with Crippen LogP contribution in [0.2, 0.25) is 0 Å². The molecule has 0 radical (unpaired) electrons. The van der Waals surface area contributed by atoms with Crippen molar-refractivity contribution in [2.75, 3.05) is 0 Å². The molecule has 0 aromatic carbocycles. The molecule has 1 aliphatic heterocycles. The van der Waals surface area contributed by atoms with Crippen LogP contribution in [0.25, 0.3) is 0 Å². The molecule has 17 heavy (non-hydrogen) atoms. The van der Waals surface area contributed by atoms with E-state index in [1.807, 2.05) is 24.4 Å². The summed E-state index contributed by atoms with van der Waals surface area (Å²) in [5.41, 5.74) is 4.72. The van der Waals surface area contributed by atoms with E-state index < -0.39 is 6.03 Å². The molecule has 0 saturated carbocycles. The minimum atomic E-state index is -0.647. The summed E-state index contributed by atoms with van der Waals surface area (Å²) in [4.78, 5) is 18.7. The topological polar surface area (TPSA) is 67.8 Å². The molecule has 0 bridgehead atoms. The van der Waals surface area contributed by atoms with Crippen LogP contribution in [0, 0.1) is 5.92 Å². The fraction of sp³-hybridized carbons (Fsp3) is 0.462. The minimum Gasteiger partial charge on any atom is -0.350 e. The number of carbonyl (C=O) groups is 1. The van der Waals surface area contributed by atoms with Crippen LogP contribution in [0.15, 0.2) is 34.3 Å². The fourth-order valence-electron chi connectivity index (χ4n) is 1.94. The van der Waals surface area contributed by atoms with Crippen LogP contribution in [0.1, 0.15) is 26.7 Å². The Kier molecular flexibility index (Phi) is 4.82. The first-order chi connectivity index (χ1) is 8.08. The average Bonchev–Trinajstić information content (AvgIpc) is 2.50. The molecule has 0 fully saturated rings. The molecule has 2 atom stereocenters. The molecular weight excluding hydrogens is 214 g/mol. The molecule has 4 nitrogen and oxygen atoms in total. The normalized spacial score (nSPS) is 25.1. The lowest BCUT2D eigenvalue weighted by atomic mass is 9.82. The van der Waals surface area contributed by atoms with E-state index in [9.17, 15) is 4.79 Å². The highest BCUT2D eigenvalue weighted by Gasteiger charge is 2.28. The van der Waals surface area contributed by atoms with Crippen molar-refractivity contribution in [3.63, 3.8) is 0 Å². The zero-order valence-electron chi connectivity index (χ0n) is 10.3. The molecule has 0 aliphatic carbocycles. The maximum atomic E-state index is 10.6. The van der Waals surface area contributed by atoms with Gasteiger partial charge in [-0.25, -0.2) is 9.79 Å². The van der Waals surface area contributed by atoms with Crippen molar-refractivity contribution in [2.45, 2.75) is 32.2 Å². The van der Waals surface area contributed by atoms with E-state index >= 15 is 0 Å². The third-order valence-electron chi connectivity index (χ3n) is 3.02. The van der Waals surface area contributed by atoms with Crippen molar-refractivity contribution in [3.05, 3.63) is 24.3 Å². The largest absolute Gasteiger partial charge is 0.350 e. The SMILES string of the molecule is CCC(CC=NC(N)=O)C1(C)C=CC=CC=N1. The highest BCUT2D eigenvalue weighted by atomic mass is 16.2. The third kappa shape index (κ3) is 3.98. The maximum absolute atomic E-state index is 10.6. The van der Waals surface area contributed by atoms with Gasteiger partial charge in [-0.3, -0.25) is 4.99 Å². The lowest BCUT2D eigenvalue weighted by Crippen LogP contribution is -2.30. The second-order valence-electron chi connectivity index (χ2n) is 4.24. The first kappa shape index (κ1) is 13.4. The van der Waals surface area contributed by atoms with Crippen molar-refractivity contribution in [1.82, 2.24) is 0 Å². The van der Waals surface area contributed by atoms with Crippen molar-refractivity contribution < 1.29 is 4.79 Å². The summed E-state index contributed by atoms with van der Waals surface area (Å²) in [7, 11) is 0. The van der Waals surface area contributed by atoms with E-state index in [0.29, 0.717) is 12.3 Å². The average molecular weight is 233 g/mol. The van der Waals surface area contributed by atoms with Crippen molar-refractivity contribution in [2.24, 2.45) is 21.6 Å².